The number of phenolic OH excluding ortho intramolecular Hbond substituents is 2. The van der Waals surface area contributed by atoms with E-state index in [1.165, 1.54) is 26.4 Å². The van der Waals surface area contributed by atoms with Crippen LogP contribution in [0.25, 0.3) is 0 Å². The number of primary amides is 1. The van der Waals surface area contributed by atoms with Crippen molar-refractivity contribution in [3.63, 3.8) is 0 Å². The molecular formula is C31H47N3O10. The maximum absolute atomic E-state index is 13.0. The van der Waals surface area contributed by atoms with Crippen molar-refractivity contribution in [1.29, 1.82) is 0 Å². The molecule has 2 rings (SSSR count). The Bertz CT molecular complexity index is 1230. The quantitative estimate of drug-likeness (QED) is 0.126. The third-order valence-electron chi connectivity index (χ3n) is 7.56. The Balaban J connectivity index is 2.66. The van der Waals surface area contributed by atoms with E-state index in [2.05, 4.69) is 10.6 Å². The molecule has 2 amide bonds. The summed E-state index contributed by atoms with van der Waals surface area (Å²) in [4.78, 5) is 24.8. The lowest BCUT2D eigenvalue weighted by Gasteiger charge is -2.29. The number of fused-ring (bicyclic) bond motifs is 2. The highest BCUT2D eigenvalue weighted by Gasteiger charge is 2.30. The van der Waals surface area contributed by atoms with Gasteiger partial charge in [0.2, 0.25) is 0 Å². The van der Waals surface area contributed by atoms with Gasteiger partial charge < -0.3 is 56.1 Å². The summed E-state index contributed by atoms with van der Waals surface area (Å²) in [6, 6.07) is 1.19. The van der Waals surface area contributed by atoms with Crippen LogP contribution >= 0.6 is 0 Å². The van der Waals surface area contributed by atoms with Crippen LogP contribution in [0.1, 0.15) is 39.7 Å². The minimum Gasteiger partial charge on any atom is -0.506 e. The van der Waals surface area contributed by atoms with Crippen LogP contribution < -0.4 is 16.4 Å². The van der Waals surface area contributed by atoms with Crippen molar-refractivity contribution in [2.45, 2.75) is 71.1 Å². The van der Waals surface area contributed by atoms with Crippen LogP contribution in [0.4, 0.5) is 16.2 Å². The van der Waals surface area contributed by atoms with Gasteiger partial charge in [-0.25, -0.2) is 4.79 Å². The zero-order valence-corrected chi connectivity index (χ0v) is 26.1. The predicted molar refractivity (Wildman–Crippen MR) is 165 cm³/mol. The lowest BCUT2D eigenvalue weighted by atomic mass is 9.87. The fourth-order valence-electron chi connectivity index (χ4n) is 5.09. The number of phenols is 2. The highest BCUT2D eigenvalue weighted by Crippen LogP contribution is 2.42. The van der Waals surface area contributed by atoms with Gasteiger partial charge in [-0.2, -0.15) is 0 Å². The zero-order valence-electron chi connectivity index (χ0n) is 26.1. The van der Waals surface area contributed by atoms with Gasteiger partial charge >= 0.3 is 6.09 Å². The van der Waals surface area contributed by atoms with Crippen molar-refractivity contribution in [3.8, 4) is 11.5 Å². The summed E-state index contributed by atoms with van der Waals surface area (Å²) in [6.07, 6.45) is 1.40. The summed E-state index contributed by atoms with van der Waals surface area (Å²) in [7, 11) is 2.90. The molecule has 0 aromatic heterocycles. The van der Waals surface area contributed by atoms with Gasteiger partial charge in [0.05, 0.1) is 36.3 Å². The van der Waals surface area contributed by atoms with Crippen LogP contribution in [0.2, 0.25) is 0 Å². The Kier molecular flexibility index (Phi) is 14.1. The Labute approximate surface area is 258 Å². The molecule has 44 heavy (non-hydrogen) atoms. The first-order chi connectivity index (χ1) is 20.7. The summed E-state index contributed by atoms with van der Waals surface area (Å²) < 4.78 is 16.6. The van der Waals surface area contributed by atoms with Crippen molar-refractivity contribution in [1.82, 2.24) is 0 Å². The Morgan fingerprint density at radius 1 is 1.20 bits per heavy atom. The third-order valence-corrected chi connectivity index (χ3v) is 7.56. The smallest absolute Gasteiger partial charge is 0.405 e. The van der Waals surface area contributed by atoms with Crippen LogP contribution in [0.15, 0.2) is 41.5 Å². The average molecular weight is 622 g/mol. The molecule has 0 radical (unpaired) electrons. The first-order valence-electron chi connectivity index (χ1n) is 14.4. The van der Waals surface area contributed by atoms with Gasteiger partial charge in [0.1, 0.15) is 17.6 Å². The number of allylic oxidation sites excluding steroid dienone is 2. The molecule has 7 atom stereocenters. The molecule has 0 fully saturated rings. The number of nitrogens with one attached hydrogen (secondary N) is 2. The number of aliphatic hydroxyl groups is 3. The number of carbonyl (C=O) groups is 2. The first-order valence-corrected chi connectivity index (χ1v) is 14.4. The number of hydrogen-bond donors (Lipinski definition) is 8. The Hall–Kier alpha value is -3.62. The van der Waals surface area contributed by atoms with E-state index < -0.39 is 55.0 Å². The number of benzene rings is 1. The summed E-state index contributed by atoms with van der Waals surface area (Å²) in [5, 5.41) is 58.0. The first kappa shape index (κ1) is 36.6. The average Bonchev–Trinajstić information content (AvgIpc) is 2.97. The maximum atomic E-state index is 13.0. The highest BCUT2D eigenvalue weighted by molar-refractivity contribution is 6.04. The molecule has 1 aliphatic rings. The van der Waals surface area contributed by atoms with Gasteiger partial charge in [0.15, 0.2) is 6.10 Å². The molecule has 0 saturated heterocycles. The second kappa shape index (κ2) is 17.0. The van der Waals surface area contributed by atoms with Gasteiger partial charge in [-0.15, -0.1) is 0 Å². The van der Waals surface area contributed by atoms with Crippen molar-refractivity contribution < 1.29 is 49.3 Å². The van der Waals surface area contributed by atoms with E-state index in [0.29, 0.717) is 12.0 Å². The number of aromatic hydroxyl groups is 2. The molecule has 13 nitrogen and oxygen atoms in total. The second-order valence-electron chi connectivity index (χ2n) is 11.2. The number of hydrogen-bond acceptors (Lipinski definition) is 11. The van der Waals surface area contributed by atoms with Crippen LogP contribution in [0.3, 0.4) is 0 Å². The standard InChI is InChI=1S/C31H47N3O10/c1-16-10-21-26(33-14-20(36)15-35)23(37)13-22(28(21)39)34-30(40)17(2)8-7-9-24(42-5)29(44-31(32)41)19(4)12-18(3)27(38)25(11-16)43-6/h7-9,12-13,16,18,20,24-25,27,29,33,35-39H,10-11,14-15H2,1-6H3,(H2,32,41)(H,34,40)/b9-7-,17-8+,19-12+/t16?,18?,20?,24?,25?,27-,29?/m1/s1. The molecule has 2 bridgehead atoms. The van der Waals surface area contributed by atoms with Gasteiger partial charge in [0, 0.05) is 43.9 Å². The van der Waals surface area contributed by atoms with Gasteiger partial charge in [-0.1, -0.05) is 38.2 Å². The number of anilines is 2. The largest absolute Gasteiger partial charge is 0.506 e. The zero-order chi connectivity index (χ0) is 33.1. The van der Waals surface area contributed by atoms with Crippen molar-refractivity contribution in [2.24, 2.45) is 17.6 Å². The monoisotopic (exact) mass is 621 g/mol. The van der Waals surface area contributed by atoms with Crippen LogP contribution in [0, 0.1) is 11.8 Å². The van der Waals surface area contributed by atoms with Crippen LogP contribution in [-0.2, 0) is 25.4 Å². The summed E-state index contributed by atoms with van der Waals surface area (Å²) >= 11 is 0. The molecule has 13 heteroatoms. The molecule has 6 unspecified atom stereocenters. The molecule has 246 valence electrons. The Morgan fingerprint density at radius 3 is 2.48 bits per heavy atom. The number of ether oxygens (including phenoxy) is 3. The Morgan fingerprint density at radius 2 is 1.89 bits per heavy atom. The summed E-state index contributed by atoms with van der Waals surface area (Å²) in [5.41, 5.74) is 6.52. The van der Waals surface area contributed by atoms with Crippen LogP contribution in [-0.4, -0.2) is 95.4 Å². The van der Waals surface area contributed by atoms with E-state index in [1.54, 1.807) is 39.0 Å². The van der Waals surface area contributed by atoms with E-state index in [1.807, 2.05) is 6.92 Å². The maximum Gasteiger partial charge on any atom is 0.405 e. The van der Waals surface area contributed by atoms with E-state index in [9.17, 15) is 35.1 Å². The fourth-order valence-corrected chi connectivity index (χ4v) is 5.09. The van der Waals surface area contributed by atoms with Gasteiger partial charge in [-0.3, -0.25) is 4.79 Å². The predicted octanol–water partition coefficient (Wildman–Crippen LogP) is 2.32. The minimum atomic E-state index is -1.12. The number of nitrogens with two attached hydrogens (primary N) is 1. The van der Waals surface area contributed by atoms with E-state index in [-0.39, 0.29) is 52.9 Å². The lowest BCUT2D eigenvalue weighted by Crippen LogP contribution is -2.37. The molecule has 1 aliphatic heterocycles. The molecule has 1 heterocycles. The van der Waals surface area contributed by atoms with E-state index in [4.69, 9.17) is 19.9 Å². The second-order valence-corrected chi connectivity index (χ2v) is 11.2. The van der Waals surface area contributed by atoms with E-state index in [0.717, 1.165) is 0 Å². The number of amides is 2. The van der Waals surface area contributed by atoms with Gasteiger partial charge in [-0.05, 0) is 38.2 Å². The van der Waals surface area contributed by atoms with Crippen molar-refractivity contribution in [2.75, 3.05) is 38.0 Å². The molecule has 0 aliphatic carbocycles. The molecular weight excluding hydrogens is 574 g/mol. The number of methoxy groups -OCH3 is 2. The molecule has 1 aromatic carbocycles. The summed E-state index contributed by atoms with van der Waals surface area (Å²) in [6.45, 7) is 6.31. The molecule has 1 aromatic rings. The lowest BCUT2D eigenvalue weighted by molar-refractivity contribution is -0.112. The highest BCUT2D eigenvalue weighted by atomic mass is 16.6. The van der Waals surface area contributed by atoms with Crippen LogP contribution in [0.5, 0.6) is 11.5 Å². The van der Waals surface area contributed by atoms with Crippen molar-refractivity contribution >= 4 is 23.4 Å². The fraction of sp³-hybridized carbons (Fsp3) is 0.548. The minimum absolute atomic E-state index is 0.0425. The SMILES string of the molecule is COC1/C=C\C=C(/C)C(=O)Nc2cc(O)c(NCC(O)CO)c(c2O)CC(C)CC(OC)[C@H](O)C(C)/C=C(\C)C1OC(N)=O. The van der Waals surface area contributed by atoms with E-state index >= 15 is 0 Å². The number of carbonyl (C=O) groups excluding carboxylic acids is 2. The molecule has 0 spiro atoms. The molecule has 9 N–H and O–H groups in total. The summed E-state index contributed by atoms with van der Waals surface area (Å²) in [5.74, 6) is -1.85. The normalized spacial score (nSPS) is 29.3. The third kappa shape index (κ3) is 9.96. The number of rotatable bonds is 7. The van der Waals surface area contributed by atoms with Crippen molar-refractivity contribution in [3.05, 3.63) is 47.1 Å². The number of aliphatic hydroxyl groups excluding tert-OH is 3. The van der Waals surface area contributed by atoms with Gasteiger partial charge in [0.25, 0.3) is 5.91 Å². The molecule has 0 saturated carbocycles. The topological polar surface area (TPSA) is 213 Å².